The van der Waals surface area contributed by atoms with E-state index in [1.54, 1.807) is 6.07 Å². The van der Waals surface area contributed by atoms with Crippen molar-refractivity contribution in [2.45, 2.75) is 32.9 Å². The smallest absolute Gasteiger partial charge is 0.255 e. The molecular weight excluding hydrogens is 294 g/mol. The highest BCUT2D eigenvalue weighted by atomic mass is 16.5. The van der Waals surface area contributed by atoms with E-state index in [1.165, 1.54) is 18.1 Å². The Morgan fingerprint density at radius 3 is 2.91 bits per heavy atom. The Bertz CT molecular complexity index is 670. The molecule has 1 aliphatic rings. The van der Waals surface area contributed by atoms with Crippen LogP contribution < -0.4 is 0 Å². The zero-order valence-electron chi connectivity index (χ0n) is 13.5. The minimum absolute atomic E-state index is 0.0312. The molecular formula is C16H21N5O2. The standard InChI is InChI=1S/C16H21N5O2/c1-3-21-15-13(8-19-21)9-20(10-14(15)11-23-4-2)16(22)12-5-6-17-18-7-12/h5-8,14H,3-4,9-11H2,1-2H3/t14-/m1/s1. The third kappa shape index (κ3) is 3.10. The summed E-state index contributed by atoms with van der Waals surface area (Å²) in [4.78, 5) is 14.5. The number of aromatic nitrogens is 4. The first kappa shape index (κ1) is 15.6. The number of hydrogen-bond acceptors (Lipinski definition) is 5. The normalized spacial score (nSPS) is 17.1. The molecule has 0 aliphatic carbocycles. The van der Waals surface area contributed by atoms with Gasteiger partial charge in [-0.15, -0.1) is 0 Å². The summed E-state index contributed by atoms with van der Waals surface area (Å²) in [5, 5.41) is 12.0. The van der Waals surface area contributed by atoms with Crippen molar-refractivity contribution in [1.82, 2.24) is 24.9 Å². The van der Waals surface area contributed by atoms with Crippen LogP contribution in [0.3, 0.4) is 0 Å². The topological polar surface area (TPSA) is 73.1 Å². The van der Waals surface area contributed by atoms with Crippen LogP contribution in [0.5, 0.6) is 0 Å². The average Bonchev–Trinajstić information content (AvgIpc) is 3.03. The van der Waals surface area contributed by atoms with E-state index >= 15 is 0 Å². The SMILES string of the molecule is CCOC[C@H]1CN(C(=O)c2ccnnc2)Cc2cnn(CC)c21. The Morgan fingerprint density at radius 2 is 2.22 bits per heavy atom. The summed E-state index contributed by atoms with van der Waals surface area (Å²) in [5.74, 6) is 0.108. The van der Waals surface area contributed by atoms with Gasteiger partial charge >= 0.3 is 0 Å². The largest absolute Gasteiger partial charge is 0.381 e. The van der Waals surface area contributed by atoms with E-state index in [4.69, 9.17) is 4.74 Å². The molecule has 0 saturated carbocycles. The fourth-order valence-corrected chi connectivity index (χ4v) is 3.05. The van der Waals surface area contributed by atoms with Crippen molar-refractivity contribution in [2.75, 3.05) is 19.8 Å². The molecule has 1 aliphatic heterocycles. The Labute approximate surface area is 135 Å². The molecule has 0 bridgehead atoms. The molecule has 0 spiro atoms. The molecule has 3 rings (SSSR count). The maximum atomic E-state index is 12.7. The van der Waals surface area contributed by atoms with E-state index in [0.29, 0.717) is 31.9 Å². The van der Waals surface area contributed by atoms with E-state index in [2.05, 4.69) is 22.2 Å². The van der Waals surface area contributed by atoms with Gasteiger partial charge in [-0.3, -0.25) is 9.48 Å². The summed E-state index contributed by atoms with van der Waals surface area (Å²) >= 11 is 0. The first-order valence-corrected chi connectivity index (χ1v) is 7.92. The second kappa shape index (κ2) is 6.87. The number of nitrogens with zero attached hydrogens (tertiary/aromatic N) is 5. The van der Waals surface area contributed by atoms with Gasteiger partial charge < -0.3 is 9.64 Å². The third-order valence-corrected chi connectivity index (χ3v) is 4.09. The summed E-state index contributed by atoms with van der Waals surface area (Å²) in [6.45, 7) is 7.32. The summed E-state index contributed by atoms with van der Waals surface area (Å²) in [6.07, 6.45) is 4.91. The Morgan fingerprint density at radius 1 is 1.35 bits per heavy atom. The van der Waals surface area contributed by atoms with Crippen molar-refractivity contribution in [1.29, 1.82) is 0 Å². The zero-order valence-corrected chi connectivity index (χ0v) is 13.5. The van der Waals surface area contributed by atoms with Crippen molar-refractivity contribution in [3.8, 4) is 0 Å². The van der Waals surface area contributed by atoms with E-state index in [-0.39, 0.29) is 11.8 Å². The maximum absolute atomic E-state index is 12.7. The quantitative estimate of drug-likeness (QED) is 0.835. The Kier molecular flexibility index (Phi) is 4.66. The molecule has 0 radical (unpaired) electrons. The van der Waals surface area contributed by atoms with Crippen molar-refractivity contribution in [3.63, 3.8) is 0 Å². The lowest BCUT2D eigenvalue weighted by molar-refractivity contribution is 0.0646. The summed E-state index contributed by atoms with van der Waals surface area (Å²) in [5.41, 5.74) is 2.84. The molecule has 2 aromatic heterocycles. The number of rotatable bonds is 5. The van der Waals surface area contributed by atoms with Gasteiger partial charge in [0.15, 0.2) is 0 Å². The molecule has 1 amide bonds. The summed E-state index contributed by atoms with van der Waals surface area (Å²) in [7, 11) is 0. The monoisotopic (exact) mass is 315 g/mol. The van der Waals surface area contributed by atoms with Gasteiger partial charge in [0, 0.05) is 37.7 Å². The molecule has 0 unspecified atom stereocenters. The first-order valence-electron chi connectivity index (χ1n) is 7.92. The molecule has 0 N–H and O–H groups in total. The molecule has 122 valence electrons. The highest BCUT2D eigenvalue weighted by Gasteiger charge is 2.32. The van der Waals surface area contributed by atoms with Gasteiger partial charge in [-0.1, -0.05) is 0 Å². The summed E-state index contributed by atoms with van der Waals surface area (Å²) < 4.78 is 7.64. The molecule has 7 heteroatoms. The molecule has 23 heavy (non-hydrogen) atoms. The lowest BCUT2D eigenvalue weighted by Crippen LogP contribution is -2.40. The van der Waals surface area contributed by atoms with Crippen molar-refractivity contribution in [3.05, 3.63) is 41.5 Å². The number of hydrogen-bond donors (Lipinski definition) is 0. The molecule has 0 saturated heterocycles. The van der Waals surface area contributed by atoms with Crippen LogP contribution >= 0.6 is 0 Å². The maximum Gasteiger partial charge on any atom is 0.255 e. The fourth-order valence-electron chi connectivity index (χ4n) is 3.05. The Balaban J connectivity index is 1.87. The highest BCUT2D eigenvalue weighted by molar-refractivity contribution is 5.94. The van der Waals surface area contributed by atoms with Crippen LogP contribution in [0.25, 0.3) is 0 Å². The average molecular weight is 315 g/mol. The van der Waals surface area contributed by atoms with E-state index in [1.807, 2.05) is 22.7 Å². The van der Waals surface area contributed by atoms with Crippen LogP contribution in [-0.2, 0) is 17.8 Å². The van der Waals surface area contributed by atoms with Gasteiger partial charge in [-0.2, -0.15) is 15.3 Å². The van der Waals surface area contributed by atoms with Crippen molar-refractivity contribution in [2.24, 2.45) is 0 Å². The number of ether oxygens (including phenoxy) is 1. The van der Waals surface area contributed by atoms with Gasteiger partial charge in [0.05, 0.1) is 36.5 Å². The first-order chi connectivity index (χ1) is 11.2. The van der Waals surface area contributed by atoms with Gasteiger partial charge in [0.2, 0.25) is 0 Å². The third-order valence-electron chi connectivity index (χ3n) is 4.09. The van der Waals surface area contributed by atoms with Gasteiger partial charge in [0.25, 0.3) is 5.91 Å². The number of fused-ring (bicyclic) bond motifs is 1. The van der Waals surface area contributed by atoms with Crippen LogP contribution in [0.15, 0.2) is 24.7 Å². The highest BCUT2D eigenvalue weighted by Crippen LogP contribution is 2.29. The number of aryl methyl sites for hydroxylation is 1. The van der Waals surface area contributed by atoms with Crippen molar-refractivity contribution >= 4 is 5.91 Å². The predicted octanol–water partition coefficient (Wildman–Crippen LogP) is 1.47. The van der Waals surface area contributed by atoms with Crippen LogP contribution in [0.1, 0.15) is 41.4 Å². The molecule has 1 atom stereocenters. The molecule has 2 aromatic rings. The van der Waals surface area contributed by atoms with Gasteiger partial charge in [-0.05, 0) is 19.9 Å². The second-order valence-corrected chi connectivity index (χ2v) is 5.54. The fraction of sp³-hybridized carbons (Fsp3) is 0.500. The zero-order chi connectivity index (χ0) is 16.2. The van der Waals surface area contributed by atoms with Crippen LogP contribution in [0, 0.1) is 0 Å². The van der Waals surface area contributed by atoms with E-state index < -0.39 is 0 Å². The summed E-state index contributed by atoms with van der Waals surface area (Å²) in [6, 6.07) is 1.69. The lowest BCUT2D eigenvalue weighted by Gasteiger charge is -2.33. The number of carbonyl (C=O) groups is 1. The van der Waals surface area contributed by atoms with E-state index in [0.717, 1.165) is 12.1 Å². The van der Waals surface area contributed by atoms with Crippen LogP contribution in [0.4, 0.5) is 0 Å². The minimum atomic E-state index is -0.0312. The van der Waals surface area contributed by atoms with E-state index in [9.17, 15) is 4.79 Å². The van der Waals surface area contributed by atoms with Crippen LogP contribution in [0.2, 0.25) is 0 Å². The molecule has 7 nitrogen and oxygen atoms in total. The Hall–Kier alpha value is -2.28. The van der Waals surface area contributed by atoms with Crippen molar-refractivity contribution < 1.29 is 9.53 Å². The second-order valence-electron chi connectivity index (χ2n) is 5.54. The van der Waals surface area contributed by atoms with Gasteiger partial charge in [-0.25, -0.2) is 0 Å². The number of amides is 1. The predicted molar refractivity (Wildman–Crippen MR) is 83.9 cm³/mol. The number of carbonyl (C=O) groups excluding carboxylic acids is 1. The van der Waals surface area contributed by atoms with Gasteiger partial charge in [0.1, 0.15) is 0 Å². The molecule has 0 aromatic carbocycles. The molecule has 3 heterocycles. The lowest BCUT2D eigenvalue weighted by atomic mass is 9.96. The molecule has 0 fully saturated rings. The minimum Gasteiger partial charge on any atom is -0.381 e. The van der Waals surface area contributed by atoms with Crippen LogP contribution in [-0.4, -0.2) is 50.5 Å².